The van der Waals surface area contributed by atoms with Crippen molar-refractivity contribution in [3.63, 3.8) is 0 Å². The fourth-order valence-corrected chi connectivity index (χ4v) is 1.73. The number of aryl methyl sites for hydroxylation is 1. The van der Waals surface area contributed by atoms with Gasteiger partial charge < -0.3 is 5.32 Å². The molecule has 0 aromatic heterocycles. The summed E-state index contributed by atoms with van der Waals surface area (Å²) >= 11 is 3.33. The Morgan fingerprint density at radius 1 is 1.38 bits per heavy atom. The molecule has 0 aliphatic rings. The van der Waals surface area contributed by atoms with Crippen molar-refractivity contribution in [1.82, 2.24) is 5.32 Å². The predicted octanol–water partition coefficient (Wildman–Crippen LogP) is 2.46. The van der Waals surface area contributed by atoms with Crippen LogP contribution in [0.4, 0.5) is 0 Å². The Labute approximate surface area is 103 Å². The zero-order chi connectivity index (χ0) is 12.3. The lowest BCUT2D eigenvalue weighted by atomic mass is 10.1. The highest BCUT2D eigenvalue weighted by Crippen LogP contribution is 2.15. The van der Waals surface area contributed by atoms with Crippen LogP contribution in [0.1, 0.15) is 29.8 Å². The van der Waals surface area contributed by atoms with Gasteiger partial charge in [-0.25, -0.2) is 0 Å². The summed E-state index contributed by atoms with van der Waals surface area (Å²) in [6, 6.07) is 4.96. The number of carbonyl (C=O) groups excluding carboxylic acids is 2. The summed E-state index contributed by atoms with van der Waals surface area (Å²) in [7, 11) is 0. The van der Waals surface area contributed by atoms with Gasteiger partial charge >= 0.3 is 0 Å². The van der Waals surface area contributed by atoms with E-state index in [9.17, 15) is 9.59 Å². The Kier molecular flexibility index (Phi) is 4.24. The maximum absolute atomic E-state index is 11.8. The summed E-state index contributed by atoms with van der Waals surface area (Å²) in [4.78, 5) is 22.8. The molecule has 86 valence electrons. The van der Waals surface area contributed by atoms with Gasteiger partial charge in [0.1, 0.15) is 0 Å². The van der Waals surface area contributed by atoms with Crippen molar-refractivity contribution < 1.29 is 9.59 Å². The van der Waals surface area contributed by atoms with E-state index < -0.39 is 6.04 Å². The van der Waals surface area contributed by atoms with E-state index in [0.717, 1.165) is 10.0 Å². The average molecular weight is 284 g/mol. The number of Topliss-reactive ketones (excluding diaryl/α,β-unsaturated/α-hetero) is 1. The van der Waals surface area contributed by atoms with Crippen molar-refractivity contribution in [3.8, 4) is 0 Å². The van der Waals surface area contributed by atoms with Gasteiger partial charge in [0.05, 0.1) is 6.04 Å². The van der Waals surface area contributed by atoms with Crippen LogP contribution in [0.15, 0.2) is 22.7 Å². The molecular formula is C12H14BrNO2. The number of rotatable bonds is 3. The first-order valence-corrected chi connectivity index (χ1v) is 5.78. The molecule has 3 nitrogen and oxygen atoms in total. The SMILES string of the molecule is CC(=O)C(C)NC(=O)c1ccc(Br)cc1C. The third-order valence-corrected chi connectivity index (χ3v) is 2.88. The summed E-state index contributed by atoms with van der Waals surface area (Å²) in [5, 5.41) is 2.65. The molecule has 0 fully saturated rings. The molecular weight excluding hydrogens is 270 g/mol. The lowest BCUT2D eigenvalue weighted by molar-refractivity contribution is -0.118. The number of hydrogen-bond acceptors (Lipinski definition) is 2. The third kappa shape index (κ3) is 3.17. The molecule has 16 heavy (non-hydrogen) atoms. The second-order valence-corrected chi connectivity index (χ2v) is 4.68. The number of carbonyl (C=O) groups is 2. The summed E-state index contributed by atoms with van der Waals surface area (Å²) in [6.45, 7) is 4.99. The van der Waals surface area contributed by atoms with Crippen LogP contribution in [0.5, 0.6) is 0 Å². The monoisotopic (exact) mass is 283 g/mol. The van der Waals surface area contributed by atoms with Crippen LogP contribution in [0.3, 0.4) is 0 Å². The zero-order valence-electron chi connectivity index (χ0n) is 9.50. The van der Waals surface area contributed by atoms with Gasteiger partial charge in [0, 0.05) is 10.0 Å². The highest BCUT2D eigenvalue weighted by Gasteiger charge is 2.14. The molecule has 1 atom stereocenters. The minimum Gasteiger partial charge on any atom is -0.343 e. The average Bonchev–Trinajstić information content (AvgIpc) is 2.16. The quantitative estimate of drug-likeness (QED) is 0.926. The molecule has 0 heterocycles. The second-order valence-electron chi connectivity index (χ2n) is 3.77. The Hall–Kier alpha value is -1.16. The van der Waals surface area contributed by atoms with E-state index in [1.165, 1.54) is 6.92 Å². The van der Waals surface area contributed by atoms with Crippen molar-refractivity contribution in [2.24, 2.45) is 0 Å². The van der Waals surface area contributed by atoms with Gasteiger partial charge in [0.2, 0.25) is 0 Å². The fourth-order valence-electron chi connectivity index (χ4n) is 1.26. The molecule has 0 spiro atoms. The maximum atomic E-state index is 11.8. The highest BCUT2D eigenvalue weighted by molar-refractivity contribution is 9.10. The molecule has 1 amide bonds. The van der Waals surface area contributed by atoms with Crippen molar-refractivity contribution in [3.05, 3.63) is 33.8 Å². The lowest BCUT2D eigenvalue weighted by Gasteiger charge is -2.12. The molecule has 0 aliphatic carbocycles. The summed E-state index contributed by atoms with van der Waals surface area (Å²) in [5.41, 5.74) is 1.47. The van der Waals surface area contributed by atoms with Gasteiger partial charge in [-0.3, -0.25) is 9.59 Å². The second kappa shape index (κ2) is 5.25. The van der Waals surface area contributed by atoms with Gasteiger partial charge in [-0.05, 0) is 44.5 Å². The van der Waals surface area contributed by atoms with Crippen LogP contribution in [0, 0.1) is 6.92 Å². The molecule has 0 aliphatic heterocycles. The Balaban J connectivity index is 2.85. The molecule has 0 saturated heterocycles. The zero-order valence-corrected chi connectivity index (χ0v) is 11.1. The Morgan fingerprint density at radius 2 is 2.00 bits per heavy atom. The Morgan fingerprint density at radius 3 is 2.50 bits per heavy atom. The van der Waals surface area contributed by atoms with Gasteiger partial charge in [-0.2, -0.15) is 0 Å². The normalized spacial score (nSPS) is 12.0. The van der Waals surface area contributed by atoms with Gasteiger partial charge in [-0.15, -0.1) is 0 Å². The van der Waals surface area contributed by atoms with Gasteiger partial charge in [0.25, 0.3) is 5.91 Å². The molecule has 0 bridgehead atoms. The highest BCUT2D eigenvalue weighted by atomic mass is 79.9. The number of hydrogen-bond donors (Lipinski definition) is 1. The predicted molar refractivity (Wildman–Crippen MR) is 66.5 cm³/mol. The number of amides is 1. The minimum atomic E-state index is -0.449. The van der Waals surface area contributed by atoms with Gasteiger partial charge in [-0.1, -0.05) is 15.9 Å². The first-order valence-electron chi connectivity index (χ1n) is 4.99. The maximum Gasteiger partial charge on any atom is 0.252 e. The van der Waals surface area contributed by atoms with E-state index in [1.807, 2.05) is 13.0 Å². The van der Waals surface area contributed by atoms with Crippen LogP contribution >= 0.6 is 15.9 Å². The smallest absolute Gasteiger partial charge is 0.252 e. The van der Waals surface area contributed by atoms with E-state index >= 15 is 0 Å². The number of benzene rings is 1. The fraction of sp³-hybridized carbons (Fsp3) is 0.333. The first kappa shape index (κ1) is 12.9. The van der Waals surface area contributed by atoms with E-state index in [0.29, 0.717) is 5.56 Å². The minimum absolute atomic E-state index is 0.0527. The number of nitrogens with one attached hydrogen (secondary N) is 1. The number of ketones is 1. The van der Waals surface area contributed by atoms with Crippen molar-refractivity contribution in [2.45, 2.75) is 26.8 Å². The molecule has 4 heteroatoms. The molecule has 1 aromatic rings. The van der Waals surface area contributed by atoms with Crippen molar-refractivity contribution in [1.29, 1.82) is 0 Å². The van der Waals surface area contributed by atoms with Crippen LogP contribution in [0.25, 0.3) is 0 Å². The van der Waals surface area contributed by atoms with Crippen LogP contribution in [0.2, 0.25) is 0 Å². The van der Waals surface area contributed by atoms with E-state index in [4.69, 9.17) is 0 Å². The molecule has 1 N–H and O–H groups in total. The van der Waals surface area contributed by atoms with E-state index in [1.54, 1.807) is 19.1 Å². The molecule has 1 rings (SSSR count). The van der Waals surface area contributed by atoms with E-state index in [-0.39, 0.29) is 11.7 Å². The largest absolute Gasteiger partial charge is 0.343 e. The molecule has 1 aromatic carbocycles. The van der Waals surface area contributed by atoms with E-state index in [2.05, 4.69) is 21.2 Å². The molecule has 0 radical (unpaired) electrons. The lowest BCUT2D eigenvalue weighted by Crippen LogP contribution is -2.37. The van der Waals surface area contributed by atoms with Gasteiger partial charge in [0.15, 0.2) is 5.78 Å². The van der Waals surface area contributed by atoms with Crippen molar-refractivity contribution >= 4 is 27.6 Å². The third-order valence-electron chi connectivity index (χ3n) is 2.39. The van der Waals surface area contributed by atoms with Crippen LogP contribution in [-0.2, 0) is 4.79 Å². The number of halogens is 1. The Bertz CT molecular complexity index is 429. The standard InChI is InChI=1S/C12H14BrNO2/c1-7-6-10(13)4-5-11(7)12(16)14-8(2)9(3)15/h4-6,8H,1-3H3,(H,14,16). The van der Waals surface area contributed by atoms with Crippen molar-refractivity contribution in [2.75, 3.05) is 0 Å². The molecule has 0 saturated carbocycles. The molecule has 1 unspecified atom stereocenters. The summed E-state index contributed by atoms with van der Waals surface area (Å²) < 4.78 is 0.932. The van der Waals surface area contributed by atoms with Crippen LogP contribution < -0.4 is 5.32 Å². The summed E-state index contributed by atoms with van der Waals surface area (Å²) in [5.74, 6) is -0.268. The first-order chi connectivity index (χ1) is 7.41. The summed E-state index contributed by atoms with van der Waals surface area (Å²) in [6.07, 6.45) is 0. The topological polar surface area (TPSA) is 46.2 Å². The van der Waals surface area contributed by atoms with Crippen LogP contribution in [-0.4, -0.2) is 17.7 Å².